The molecule has 29 heavy (non-hydrogen) atoms. The topological polar surface area (TPSA) is 87.5 Å². The number of nitrogens with one attached hydrogen (secondary N) is 2. The number of piperidine rings is 1. The Labute approximate surface area is 172 Å². The van der Waals surface area contributed by atoms with Gasteiger partial charge in [0.2, 0.25) is 5.91 Å². The van der Waals surface area contributed by atoms with Crippen LogP contribution in [0.3, 0.4) is 0 Å². The Bertz CT molecular complexity index is 835. The van der Waals surface area contributed by atoms with Crippen molar-refractivity contribution >= 4 is 11.8 Å². The fourth-order valence-corrected chi connectivity index (χ4v) is 3.80. The van der Waals surface area contributed by atoms with Crippen LogP contribution < -0.4 is 16.4 Å². The van der Waals surface area contributed by atoms with Gasteiger partial charge in [-0.05, 0) is 48.2 Å². The molecule has 1 unspecified atom stereocenters. The monoisotopic (exact) mass is 394 g/mol. The van der Waals surface area contributed by atoms with Gasteiger partial charge in [0.15, 0.2) is 0 Å². The van der Waals surface area contributed by atoms with Gasteiger partial charge < -0.3 is 16.4 Å². The van der Waals surface area contributed by atoms with Crippen LogP contribution in [0.2, 0.25) is 0 Å². The molecule has 1 fully saturated rings. The van der Waals surface area contributed by atoms with E-state index < -0.39 is 0 Å². The summed E-state index contributed by atoms with van der Waals surface area (Å²) in [7, 11) is 1.63. The van der Waals surface area contributed by atoms with Gasteiger partial charge in [-0.3, -0.25) is 14.5 Å². The first-order chi connectivity index (χ1) is 14.0. The minimum atomic E-state index is -0.184. The molecule has 0 bridgehead atoms. The van der Waals surface area contributed by atoms with Gasteiger partial charge in [0, 0.05) is 38.8 Å². The lowest BCUT2D eigenvalue weighted by molar-refractivity contribution is -0.123. The zero-order valence-corrected chi connectivity index (χ0v) is 17.0. The fourth-order valence-electron chi connectivity index (χ4n) is 3.80. The van der Waals surface area contributed by atoms with Crippen molar-refractivity contribution in [3.8, 4) is 0 Å². The highest BCUT2D eigenvalue weighted by Gasteiger charge is 2.23. The summed E-state index contributed by atoms with van der Waals surface area (Å²) in [5.41, 5.74) is 9.78. The molecule has 0 saturated carbocycles. The minimum absolute atomic E-state index is 0.0246. The van der Waals surface area contributed by atoms with E-state index in [1.165, 1.54) is 11.1 Å². The molecule has 1 saturated heterocycles. The average Bonchev–Trinajstić information content (AvgIpc) is 2.74. The molecule has 2 aromatic carbocycles. The first kappa shape index (κ1) is 21.0. The highest BCUT2D eigenvalue weighted by Crippen LogP contribution is 2.18. The third kappa shape index (κ3) is 6.14. The van der Waals surface area contributed by atoms with Gasteiger partial charge >= 0.3 is 0 Å². The standard InChI is InChI=1S/C23H30N4O2/c1-25-23(29)20-9-7-17(8-10-20)13-26-14-18-4-2-5-19(12-18)15-27-11-3-6-21(16-27)22(24)28/h2,4-5,7-10,12,21,26H,3,6,11,13-16H2,1H3,(H2,24,28)(H,25,29). The molecule has 4 N–H and O–H groups in total. The van der Waals surface area contributed by atoms with Crippen LogP contribution in [0.5, 0.6) is 0 Å². The molecule has 2 amide bonds. The Morgan fingerprint density at radius 3 is 2.52 bits per heavy atom. The molecule has 1 atom stereocenters. The first-order valence-electron chi connectivity index (χ1n) is 10.2. The van der Waals surface area contributed by atoms with Crippen molar-refractivity contribution in [2.75, 3.05) is 20.1 Å². The smallest absolute Gasteiger partial charge is 0.251 e. The number of amides is 2. The van der Waals surface area contributed by atoms with Crippen molar-refractivity contribution in [3.63, 3.8) is 0 Å². The molecule has 2 aromatic rings. The molecule has 0 spiro atoms. The van der Waals surface area contributed by atoms with E-state index in [4.69, 9.17) is 5.73 Å². The molecule has 1 aliphatic heterocycles. The number of rotatable bonds is 8. The molecule has 154 valence electrons. The zero-order chi connectivity index (χ0) is 20.6. The van der Waals surface area contributed by atoms with E-state index in [-0.39, 0.29) is 17.7 Å². The fraction of sp³-hybridized carbons (Fsp3) is 0.391. The van der Waals surface area contributed by atoms with Crippen LogP contribution in [-0.4, -0.2) is 36.9 Å². The molecule has 0 aliphatic carbocycles. The molecule has 1 heterocycles. The van der Waals surface area contributed by atoms with E-state index in [1.54, 1.807) is 7.05 Å². The highest BCUT2D eigenvalue weighted by molar-refractivity contribution is 5.93. The summed E-state index contributed by atoms with van der Waals surface area (Å²) in [6, 6.07) is 16.2. The summed E-state index contributed by atoms with van der Waals surface area (Å²) in [4.78, 5) is 25.4. The first-order valence-corrected chi connectivity index (χ1v) is 10.2. The van der Waals surface area contributed by atoms with Crippen molar-refractivity contribution in [2.45, 2.75) is 32.5 Å². The van der Waals surface area contributed by atoms with Crippen molar-refractivity contribution in [1.29, 1.82) is 0 Å². The number of hydrogen-bond acceptors (Lipinski definition) is 4. The Morgan fingerprint density at radius 2 is 1.79 bits per heavy atom. The molecule has 6 heteroatoms. The number of carbonyl (C=O) groups is 2. The number of benzene rings is 2. The van der Waals surface area contributed by atoms with Gasteiger partial charge in [-0.2, -0.15) is 0 Å². The van der Waals surface area contributed by atoms with E-state index in [0.29, 0.717) is 5.56 Å². The van der Waals surface area contributed by atoms with Crippen LogP contribution in [0.25, 0.3) is 0 Å². The largest absolute Gasteiger partial charge is 0.369 e. The Hall–Kier alpha value is -2.70. The Balaban J connectivity index is 1.49. The molecule has 3 rings (SSSR count). The van der Waals surface area contributed by atoms with Crippen molar-refractivity contribution in [2.24, 2.45) is 11.7 Å². The van der Waals surface area contributed by atoms with Crippen LogP contribution in [0.15, 0.2) is 48.5 Å². The average molecular weight is 395 g/mol. The number of likely N-dealkylation sites (tertiary alicyclic amines) is 1. The molecular formula is C23H30N4O2. The van der Waals surface area contributed by atoms with E-state index in [1.807, 2.05) is 24.3 Å². The van der Waals surface area contributed by atoms with Crippen LogP contribution >= 0.6 is 0 Å². The molecular weight excluding hydrogens is 364 g/mol. The quantitative estimate of drug-likeness (QED) is 0.639. The molecule has 6 nitrogen and oxygen atoms in total. The lowest BCUT2D eigenvalue weighted by Crippen LogP contribution is -2.40. The zero-order valence-electron chi connectivity index (χ0n) is 17.0. The molecule has 1 aliphatic rings. The van der Waals surface area contributed by atoms with Crippen LogP contribution in [0, 0.1) is 5.92 Å². The maximum atomic E-state index is 11.6. The Kier molecular flexibility index (Phi) is 7.38. The molecule has 0 radical (unpaired) electrons. The van der Waals surface area contributed by atoms with Gasteiger partial charge in [-0.1, -0.05) is 36.4 Å². The van der Waals surface area contributed by atoms with Gasteiger partial charge in [-0.15, -0.1) is 0 Å². The minimum Gasteiger partial charge on any atom is -0.369 e. The normalized spacial score (nSPS) is 17.1. The predicted molar refractivity (Wildman–Crippen MR) is 114 cm³/mol. The highest BCUT2D eigenvalue weighted by atomic mass is 16.2. The number of primary amides is 1. The summed E-state index contributed by atoms with van der Waals surface area (Å²) in [5, 5.41) is 6.08. The number of carbonyl (C=O) groups excluding carboxylic acids is 2. The second-order valence-corrected chi connectivity index (χ2v) is 7.68. The van der Waals surface area contributed by atoms with Crippen LogP contribution in [0.1, 0.15) is 39.9 Å². The van der Waals surface area contributed by atoms with Crippen molar-refractivity contribution in [1.82, 2.24) is 15.5 Å². The lowest BCUT2D eigenvalue weighted by atomic mass is 9.97. The number of hydrogen-bond donors (Lipinski definition) is 3. The summed E-state index contributed by atoms with van der Waals surface area (Å²) in [5.74, 6) is -0.281. The van der Waals surface area contributed by atoms with Gasteiger partial charge in [0.05, 0.1) is 5.92 Å². The predicted octanol–water partition coefficient (Wildman–Crippen LogP) is 2.03. The van der Waals surface area contributed by atoms with Crippen LogP contribution in [0.4, 0.5) is 0 Å². The summed E-state index contributed by atoms with van der Waals surface area (Å²) >= 11 is 0. The van der Waals surface area contributed by atoms with E-state index >= 15 is 0 Å². The maximum Gasteiger partial charge on any atom is 0.251 e. The van der Waals surface area contributed by atoms with E-state index in [0.717, 1.165) is 51.1 Å². The maximum absolute atomic E-state index is 11.6. The second-order valence-electron chi connectivity index (χ2n) is 7.68. The Morgan fingerprint density at radius 1 is 1.07 bits per heavy atom. The summed E-state index contributed by atoms with van der Waals surface area (Å²) < 4.78 is 0. The number of nitrogens with two attached hydrogens (primary N) is 1. The van der Waals surface area contributed by atoms with Crippen LogP contribution in [-0.2, 0) is 24.4 Å². The molecule has 0 aromatic heterocycles. The third-order valence-corrected chi connectivity index (χ3v) is 5.41. The van der Waals surface area contributed by atoms with Gasteiger partial charge in [0.25, 0.3) is 5.91 Å². The summed E-state index contributed by atoms with van der Waals surface area (Å²) in [6.45, 7) is 4.13. The summed E-state index contributed by atoms with van der Waals surface area (Å²) in [6.07, 6.45) is 1.92. The third-order valence-electron chi connectivity index (χ3n) is 5.41. The van der Waals surface area contributed by atoms with Gasteiger partial charge in [0.1, 0.15) is 0 Å². The number of nitrogens with zero attached hydrogens (tertiary/aromatic N) is 1. The SMILES string of the molecule is CNC(=O)c1ccc(CNCc2cccc(CN3CCCC(C(N)=O)C3)c2)cc1. The lowest BCUT2D eigenvalue weighted by Gasteiger charge is -2.31. The van der Waals surface area contributed by atoms with E-state index in [2.05, 4.69) is 39.8 Å². The van der Waals surface area contributed by atoms with Gasteiger partial charge in [-0.25, -0.2) is 0 Å². The second kappa shape index (κ2) is 10.2. The van der Waals surface area contributed by atoms with Crippen molar-refractivity contribution in [3.05, 3.63) is 70.8 Å². The van der Waals surface area contributed by atoms with E-state index in [9.17, 15) is 9.59 Å². The van der Waals surface area contributed by atoms with Crippen molar-refractivity contribution < 1.29 is 9.59 Å².